The number of hydrogen-bond acceptors (Lipinski definition) is 5. The summed E-state index contributed by atoms with van der Waals surface area (Å²) in [6.07, 6.45) is 0. The van der Waals surface area contributed by atoms with Crippen LogP contribution in [0.2, 0.25) is 0 Å². The van der Waals surface area contributed by atoms with Crippen molar-refractivity contribution in [3.63, 3.8) is 0 Å². The van der Waals surface area contributed by atoms with Crippen molar-refractivity contribution in [2.24, 2.45) is 0 Å². The summed E-state index contributed by atoms with van der Waals surface area (Å²) in [6, 6.07) is 24.7. The molecule has 1 atom stereocenters. The Balaban J connectivity index is 1.85. The van der Waals surface area contributed by atoms with E-state index in [4.69, 9.17) is 4.74 Å². The van der Waals surface area contributed by atoms with Crippen LogP contribution in [-0.4, -0.2) is 48.7 Å². The number of esters is 1. The molecule has 0 saturated carbocycles. The number of carbonyl (C=O) groups excluding carboxylic acids is 3. The number of nitrogens with zero attached hydrogens (tertiary/aromatic N) is 1. The number of carbonyl (C=O) groups is 3. The third kappa shape index (κ3) is 3.97. The highest BCUT2D eigenvalue weighted by atomic mass is 16.5. The van der Waals surface area contributed by atoms with Crippen LogP contribution in [-0.2, 0) is 14.9 Å². The van der Waals surface area contributed by atoms with Gasteiger partial charge in [0, 0.05) is 17.7 Å². The molecular formula is C29H29NO4. The number of likely N-dealkylation sites (N-methyl/N-ethyl adjacent to an activating group) is 1. The topological polar surface area (TPSA) is 63.7 Å². The summed E-state index contributed by atoms with van der Waals surface area (Å²) in [4.78, 5) is 44.1. The first-order valence-corrected chi connectivity index (χ1v) is 11.7. The average molecular weight is 456 g/mol. The second-order valence-corrected chi connectivity index (χ2v) is 8.42. The van der Waals surface area contributed by atoms with E-state index in [0.29, 0.717) is 28.8 Å². The van der Waals surface area contributed by atoms with Gasteiger partial charge in [-0.3, -0.25) is 14.4 Å². The largest absolute Gasteiger partial charge is 0.464 e. The van der Waals surface area contributed by atoms with Crippen molar-refractivity contribution >= 4 is 17.5 Å². The SMILES string of the molecule is CCN(CC)CCOC(=O)[C@@H](c1ccccc1)C1(c2ccccc2)C(=O)c2ccccc2C1=O. The first-order valence-electron chi connectivity index (χ1n) is 11.7. The maximum Gasteiger partial charge on any atom is 0.315 e. The fourth-order valence-electron chi connectivity index (χ4n) is 4.91. The van der Waals surface area contributed by atoms with Crippen LogP contribution in [0.5, 0.6) is 0 Å². The van der Waals surface area contributed by atoms with Gasteiger partial charge in [0.05, 0.1) is 0 Å². The van der Waals surface area contributed by atoms with Crippen LogP contribution in [0, 0.1) is 0 Å². The average Bonchev–Trinajstić information content (AvgIpc) is 3.11. The van der Waals surface area contributed by atoms with Gasteiger partial charge in [0.25, 0.3) is 0 Å². The van der Waals surface area contributed by atoms with Gasteiger partial charge in [-0.1, -0.05) is 98.8 Å². The number of ketones is 2. The van der Waals surface area contributed by atoms with E-state index >= 15 is 0 Å². The smallest absolute Gasteiger partial charge is 0.315 e. The first kappa shape index (κ1) is 23.6. The van der Waals surface area contributed by atoms with Crippen molar-refractivity contribution in [2.45, 2.75) is 25.2 Å². The lowest BCUT2D eigenvalue weighted by Gasteiger charge is -2.34. The zero-order chi connectivity index (χ0) is 24.1. The lowest BCUT2D eigenvalue weighted by Crippen LogP contribution is -2.48. The van der Waals surface area contributed by atoms with Crippen molar-refractivity contribution < 1.29 is 19.1 Å². The molecule has 4 rings (SSSR count). The van der Waals surface area contributed by atoms with Crippen LogP contribution >= 0.6 is 0 Å². The molecule has 0 spiro atoms. The molecule has 0 aromatic heterocycles. The number of ether oxygens (including phenoxy) is 1. The predicted molar refractivity (Wildman–Crippen MR) is 131 cm³/mol. The summed E-state index contributed by atoms with van der Waals surface area (Å²) in [5.41, 5.74) is 0.0318. The minimum absolute atomic E-state index is 0.185. The van der Waals surface area contributed by atoms with E-state index in [1.54, 1.807) is 72.8 Å². The number of benzene rings is 3. The monoisotopic (exact) mass is 455 g/mol. The van der Waals surface area contributed by atoms with E-state index in [0.717, 1.165) is 13.1 Å². The van der Waals surface area contributed by atoms with Crippen LogP contribution in [0.15, 0.2) is 84.9 Å². The molecule has 0 unspecified atom stereocenters. The molecule has 174 valence electrons. The second-order valence-electron chi connectivity index (χ2n) is 8.42. The Labute approximate surface area is 200 Å². The lowest BCUT2D eigenvalue weighted by molar-refractivity contribution is -0.147. The quantitative estimate of drug-likeness (QED) is 0.347. The summed E-state index contributed by atoms with van der Waals surface area (Å²) >= 11 is 0. The van der Waals surface area contributed by atoms with Gasteiger partial charge in [-0.25, -0.2) is 0 Å². The molecule has 3 aromatic carbocycles. The summed E-state index contributed by atoms with van der Waals surface area (Å²) in [7, 11) is 0. The van der Waals surface area contributed by atoms with Gasteiger partial charge in [-0.15, -0.1) is 0 Å². The molecule has 34 heavy (non-hydrogen) atoms. The van der Waals surface area contributed by atoms with Gasteiger partial charge < -0.3 is 9.64 Å². The van der Waals surface area contributed by atoms with Gasteiger partial charge in [0.1, 0.15) is 17.9 Å². The van der Waals surface area contributed by atoms with Gasteiger partial charge >= 0.3 is 5.97 Å². The Morgan fingerprint density at radius 1 is 0.794 bits per heavy atom. The fraction of sp³-hybridized carbons (Fsp3) is 0.276. The molecule has 0 N–H and O–H groups in total. The molecule has 3 aromatic rings. The molecule has 0 heterocycles. The zero-order valence-corrected chi connectivity index (χ0v) is 19.6. The molecule has 5 nitrogen and oxygen atoms in total. The maximum atomic E-state index is 14.1. The van der Waals surface area contributed by atoms with E-state index in [-0.39, 0.29) is 18.2 Å². The highest BCUT2D eigenvalue weighted by molar-refractivity contribution is 6.35. The number of fused-ring (bicyclic) bond motifs is 1. The highest BCUT2D eigenvalue weighted by Crippen LogP contribution is 2.49. The van der Waals surface area contributed by atoms with Crippen molar-refractivity contribution in [1.82, 2.24) is 4.90 Å². The molecule has 1 aliphatic rings. The van der Waals surface area contributed by atoms with Crippen LogP contribution in [0.25, 0.3) is 0 Å². The van der Waals surface area contributed by atoms with Gasteiger partial charge in [0.15, 0.2) is 11.6 Å². The minimum Gasteiger partial charge on any atom is -0.464 e. The van der Waals surface area contributed by atoms with Crippen LogP contribution in [0.3, 0.4) is 0 Å². The van der Waals surface area contributed by atoms with Gasteiger partial charge in [-0.2, -0.15) is 0 Å². The third-order valence-electron chi connectivity index (χ3n) is 6.71. The van der Waals surface area contributed by atoms with Crippen molar-refractivity contribution in [3.05, 3.63) is 107 Å². The normalized spacial score (nSPS) is 15.3. The summed E-state index contributed by atoms with van der Waals surface area (Å²) < 4.78 is 5.76. The van der Waals surface area contributed by atoms with Crippen molar-refractivity contribution in [3.8, 4) is 0 Å². The van der Waals surface area contributed by atoms with Crippen LogP contribution in [0.1, 0.15) is 51.6 Å². The van der Waals surface area contributed by atoms with Crippen LogP contribution in [0.4, 0.5) is 0 Å². The standard InChI is InChI=1S/C29H29NO4/c1-3-30(4-2)19-20-34-28(33)25(21-13-7-5-8-14-21)29(22-15-9-6-10-16-22)26(31)23-17-11-12-18-24(23)27(29)32/h5-18,25H,3-4,19-20H2,1-2H3/t25-/m1/s1. The third-order valence-corrected chi connectivity index (χ3v) is 6.71. The fourth-order valence-corrected chi connectivity index (χ4v) is 4.91. The van der Waals surface area contributed by atoms with Gasteiger partial charge in [-0.05, 0) is 24.2 Å². The lowest BCUT2D eigenvalue weighted by atomic mass is 9.64. The van der Waals surface area contributed by atoms with Crippen molar-refractivity contribution in [2.75, 3.05) is 26.2 Å². The summed E-state index contributed by atoms with van der Waals surface area (Å²) in [6.45, 7) is 6.56. The molecule has 0 saturated heterocycles. The predicted octanol–water partition coefficient (Wildman–Crippen LogP) is 4.67. The molecule has 0 aliphatic heterocycles. The first-order chi connectivity index (χ1) is 16.6. The Kier molecular flexibility index (Phi) is 7.03. The Morgan fingerprint density at radius 2 is 1.29 bits per heavy atom. The number of hydrogen-bond donors (Lipinski definition) is 0. The van der Waals surface area contributed by atoms with E-state index in [9.17, 15) is 14.4 Å². The molecule has 0 amide bonds. The molecule has 0 bridgehead atoms. The van der Waals surface area contributed by atoms with E-state index in [1.807, 2.05) is 12.1 Å². The molecular weight excluding hydrogens is 426 g/mol. The molecule has 0 radical (unpaired) electrons. The minimum atomic E-state index is -1.72. The van der Waals surface area contributed by atoms with Crippen LogP contribution < -0.4 is 0 Å². The van der Waals surface area contributed by atoms with Crippen molar-refractivity contribution in [1.29, 1.82) is 0 Å². The highest BCUT2D eigenvalue weighted by Gasteiger charge is 2.61. The molecule has 0 fully saturated rings. The summed E-state index contributed by atoms with van der Waals surface area (Å²) in [5, 5.41) is 0. The zero-order valence-electron chi connectivity index (χ0n) is 19.6. The van der Waals surface area contributed by atoms with E-state index < -0.39 is 17.3 Å². The number of Topliss-reactive ketones (excluding diaryl/α,β-unsaturated/α-hetero) is 2. The Morgan fingerprint density at radius 3 is 1.82 bits per heavy atom. The van der Waals surface area contributed by atoms with E-state index in [2.05, 4.69) is 18.7 Å². The number of rotatable bonds is 9. The summed E-state index contributed by atoms with van der Waals surface area (Å²) in [5.74, 6) is -2.42. The Hall–Kier alpha value is -3.57. The second kappa shape index (κ2) is 10.1. The molecule has 5 heteroatoms. The maximum absolute atomic E-state index is 14.1. The molecule has 1 aliphatic carbocycles. The Bertz CT molecular complexity index is 1130. The van der Waals surface area contributed by atoms with E-state index in [1.165, 1.54) is 0 Å². The van der Waals surface area contributed by atoms with Gasteiger partial charge in [0.2, 0.25) is 0 Å².